The second-order valence-corrected chi connectivity index (χ2v) is 3.90. The molecule has 0 aliphatic carbocycles. The summed E-state index contributed by atoms with van der Waals surface area (Å²) in [5.74, 6) is 1.03. The van der Waals surface area contributed by atoms with Gasteiger partial charge in [0.05, 0.1) is 10.3 Å². The predicted molar refractivity (Wildman–Crippen MR) is 64.2 cm³/mol. The Bertz CT molecular complexity index is 341. The van der Waals surface area contributed by atoms with Crippen LogP contribution in [0.1, 0.15) is 13.3 Å². The van der Waals surface area contributed by atoms with Gasteiger partial charge in [-0.1, -0.05) is 0 Å². The SMILES string of the molecule is CCN(CCC(=N)N)c1ncncc1Br. The minimum atomic E-state index is 0.193. The van der Waals surface area contributed by atoms with E-state index in [9.17, 15) is 0 Å². The fourth-order valence-corrected chi connectivity index (χ4v) is 1.68. The van der Waals surface area contributed by atoms with Gasteiger partial charge in [0.25, 0.3) is 0 Å². The van der Waals surface area contributed by atoms with E-state index < -0.39 is 0 Å². The molecule has 82 valence electrons. The minimum absolute atomic E-state index is 0.193. The molecule has 3 N–H and O–H groups in total. The van der Waals surface area contributed by atoms with E-state index in [1.807, 2.05) is 11.8 Å². The van der Waals surface area contributed by atoms with Gasteiger partial charge in [0.1, 0.15) is 12.1 Å². The molecule has 15 heavy (non-hydrogen) atoms. The summed E-state index contributed by atoms with van der Waals surface area (Å²) in [6, 6.07) is 0. The maximum atomic E-state index is 7.19. The van der Waals surface area contributed by atoms with Crippen LogP contribution in [0.5, 0.6) is 0 Å². The largest absolute Gasteiger partial charge is 0.388 e. The smallest absolute Gasteiger partial charge is 0.146 e. The van der Waals surface area contributed by atoms with Crippen LogP contribution >= 0.6 is 15.9 Å². The van der Waals surface area contributed by atoms with Crippen LogP contribution in [-0.2, 0) is 0 Å². The maximum absolute atomic E-state index is 7.19. The molecule has 0 amide bonds. The summed E-state index contributed by atoms with van der Waals surface area (Å²) in [5.41, 5.74) is 5.32. The zero-order valence-corrected chi connectivity index (χ0v) is 10.2. The number of amidine groups is 1. The Labute approximate surface area is 97.3 Å². The molecule has 0 aliphatic rings. The molecule has 5 nitrogen and oxygen atoms in total. The third-order valence-corrected chi connectivity index (χ3v) is 2.54. The van der Waals surface area contributed by atoms with Gasteiger partial charge in [0, 0.05) is 25.7 Å². The highest BCUT2D eigenvalue weighted by Gasteiger charge is 2.09. The first-order valence-electron chi connectivity index (χ1n) is 4.68. The first kappa shape index (κ1) is 11.9. The van der Waals surface area contributed by atoms with Gasteiger partial charge in [-0.25, -0.2) is 9.97 Å². The van der Waals surface area contributed by atoms with Crippen molar-refractivity contribution < 1.29 is 0 Å². The molecule has 1 rings (SSSR count). The van der Waals surface area contributed by atoms with Crippen LogP contribution in [0.25, 0.3) is 0 Å². The lowest BCUT2D eigenvalue weighted by Gasteiger charge is -2.22. The van der Waals surface area contributed by atoms with Crippen LogP contribution in [-0.4, -0.2) is 28.9 Å². The molecule has 0 bridgehead atoms. The normalized spacial score (nSPS) is 10.0. The maximum Gasteiger partial charge on any atom is 0.146 e. The summed E-state index contributed by atoms with van der Waals surface area (Å²) in [5, 5.41) is 7.19. The van der Waals surface area contributed by atoms with Gasteiger partial charge >= 0.3 is 0 Å². The summed E-state index contributed by atoms with van der Waals surface area (Å²) in [6.45, 7) is 3.55. The predicted octanol–water partition coefficient (Wildman–Crippen LogP) is 1.39. The molecule has 0 aliphatic heterocycles. The van der Waals surface area contributed by atoms with Crippen molar-refractivity contribution in [3.8, 4) is 0 Å². The van der Waals surface area contributed by atoms with E-state index in [0.717, 1.165) is 16.8 Å². The van der Waals surface area contributed by atoms with Gasteiger partial charge in [-0.15, -0.1) is 0 Å². The highest BCUT2D eigenvalue weighted by Crippen LogP contribution is 2.21. The molecule has 0 spiro atoms. The van der Waals surface area contributed by atoms with Crippen LogP contribution in [0.3, 0.4) is 0 Å². The molecular weight excluding hydrogens is 258 g/mol. The molecule has 6 heteroatoms. The minimum Gasteiger partial charge on any atom is -0.388 e. The first-order valence-corrected chi connectivity index (χ1v) is 5.47. The number of nitrogens with two attached hydrogens (primary N) is 1. The van der Waals surface area contributed by atoms with Crippen molar-refractivity contribution in [2.24, 2.45) is 5.73 Å². The fraction of sp³-hybridized carbons (Fsp3) is 0.444. The molecule has 1 aromatic rings. The quantitative estimate of drug-likeness (QED) is 0.627. The van der Waals surface area contributed by atoms with Crippen molar-refractivity contribution in [3.05, 3.63) is 17.0 Å². The molecular formula is C9H14BrN5. The van der Waals surface area contributed by atoms with Crippen LogP contribution in [0.4, 0.5) is 5.82 Å². The molecule has 0 unspecified atom stereocenters. The lowest BCUT2D eigenvalue weighted by atomic mass is 10.3. The van der Waals surface area contributed by atoms with Crippen LogP contribution in [0, 0.1) is 5.41 Å². The van der Waals surface area contributed by atoms with Crippen molar-refractivity contribution in [3.63, 3.8) is 0 Å². The van der Waals surface area contributed by atoms with Gasteiger partial charge in [0.15, 0.2) is 0 Å². The van der Waals surface area contributed by atoms with E-state index in [2.05, 4.69) is 25.9 Å². The molecule has 1 heterocycles. The summed E-state index contributed by atoms with van der Waals surface area (Å²) < 4.78 is 0.857. The number of aromatic nitrogens is 2. The average Bonchev–Trinajstić information content (AvgIpc) is 2.21. The summed E-state index contributed by atoms with van der Waals surface area (Å²) in [4.78, 5) is 10.1. The molecule has 0 radical (unpaired) electrons. The molecule has 0 saturated carbocycles. The number of halogens is 1. The Morgan fingerprint density at radius 1 is 1.67 bits per heavy atom. The number of hydrogen-bond acceptors (Lipinski definition) is 4. The standard InChI is InChI=1S/C9H14BrN5/c1-2-15(4-3-8(11)12)9-7(10)5-13-6-14-9/h5-6H,2-4H2,1H3,(H3,11,12). The molecule has 0 aromatic carbocycles. The Morgan fingerprint density at radius 2 is 2.40 bits per heavy atom. The van der Waals surface area contributed by atoms with Crippen molar-refractivity contribution in [1.29, 1.82) is 5.41 Å². The summed E-state index contributed by atoms with van der Waals surface area (Å²) in [7, 11) is 0. The number of anilines is 1. The van der Waals surface area contributed by atoms with Crippen LogP contribution in [0.2, 0.25) is 0 Å². The van der Waals surface area contributed by atoms with Gasteiger partial charge < -0.3 is 10.6 Å². The van der Waals surface area contributed by atoms with E-state index in [1.165, 1.54) is 6.33 Å². The fourth-order valence-electron chi connectivity index (χ4n) is 1.21. The number of hydrogen-bond donors (Lipinski definition) is 2. The zero-order chi connectivity index (χ0) is 11.3. The highest BCUT2D eigenvalue weighted by molar-refractivity contribution is 9.10. The van der Waals surface area contributed by atoms with Crippen molar-refractivity contribution in [2.75, 3.05) is 18.0 Å². The lowest BCUT2D eigenvalue weighted by molar-refractivity contribution is 0.808. The number of nitrogens with one attached hydrogen (secondary N) is 1. The van der Waals surface area contributed by atoms with E-state index in [1.54, 1.807) is 6.20 Å². The Balaban J connectivity index is 2.74. The molecule has 1 aromatic heterocycles. The van der Waals surface area contributed by atoms with Crippen LogP contribution in [0.15, 0.2) is 17.0 Å². The third kappa shape index (κ3) is 3.47. The Morgan fingerprint density at radius 3 is 2.93 bits per heavy atom. The van der Waals surface area contributed by atoms with E-state index >= 15 is 0 Å². The monoisotopic (exact) mass is 271 g/mol. The number of nitrogens with zero attached hydrogens (tertiary/aromatic N) is 3. The Kier molecular flexibility index (Phi) is 4.48. The topological polar surface area (TPSA) is 78.9 Å². The van der Waals surface area contributed by atoms with E-state index in [-0.39, 0.29) is 5.84 Å². The summed E-state index contributed by atoms with van der Waals surface area (Å²) in [6.07, 6.45) is 3.76. The van der Waals surface area contributed by atoms with Gasteiger partial charge in [0.2, 0.25) is 0 Å². The lowest BCUT2D eigenvalue weighted by Crippen LogP contribution is -2.28. The van der Waals surface area contributed by atoms with E-state index in [0.29, 0.717) is 13.0 Å². The van der Waals surface area contributed by atoms with Gasteiger partial charge in [-0.3, -0.25) is 5.41 Å². The highest BCUT2D eigenvalue weighted by atomic mass is 79.9. The first-order chi connectivity index (χ1) is 7.15. The van der Waals surface area contributed by atoms with Crippen molar-refractivity contribution in [2.45, 2.75) is 13.3 Å². The van der Waals surface area contributed by atoms with Gasteiger partial charge in [-0.05, 0) is 22.9 Å². The average molecular weight is 272 g/mol. The van der Waals surface area contributed by atoms with Crippen molar-refractivity contribution >= 4 is 27.6 Å². The number of rotatable bonds is 5. The molecule has 0 saturated heterocycles. The van der Waals surface area contributed by atoms with Gasteiger partial charge in [-0.2, -0.15) is 0 Å². The molecule has 0 fully saturated rings. The van der Waals surface area contributed by atoms with Crippen molar-refractivity contribution in [1.82, 2.24) is 9.97 Å². The zero-order valence-electron chi connectivity index (χ0n) is 8.57. The summed E-state index contributed by atoms with van der Waals surface area (Å²) >= 11 is 3.39. The van der Waals surface area contributed by atoms with Crippen LogP contribution < -0.4 is 10.6 Å². The second kappa shape index (κ2) is 5.65. The molecule has 0 atom stereocenters. The second-order valence-electron chi connectivity index (χ2n) is 3.05. The Hall–Kier alpha value is -1.17. The van der Waals surface area contributed by atoms with E-state index in [4.69, 9.17) is 11.1 Å². The third-order valence-electron chi connectivity index (χ3n) is 1.98.